The fourth-order valence-electron chi connectivity index (χ4n) is 3.73. The molecular weight excluding hydrogens is 406 g/mol. The number of carbonyl (C=O) groups excluding carboxylic acids is 1. The number of aldehydes is 1. The topological polar surface area (TPSA) is 112 Å². The Bertz CT molecular complexity index is 1340. The Labute approximate surface area is 184 Å². The van der Waals surface area contributed by atoms with Crippen LogP contribution < -0.4 is 4.74 Å². The zero-order chi connectivity index (χ0) is 22.8. The SMILES string of the molecule is COc1c(Cc2cc(-n3nc(C)c(C=O)c3C)ncn2)nn(C)c1-c1ccc(C#N)cc1. The summed E-state index contributed by atoms with van der Waals surface area (Å²) in [5.74, 6) is 1.22. The van der Waals surface area contributed by atoms with Crippen LogP contribution in [0.4, 0.5) is 0 Å². The van der Waals surface area contributed by atoms with Crippen LogP contribution in [-0.4, -0.2) is 42.9 Å². The average molecular weight is 427 g/mol. The van der Waals surface area contributed by atoms with Crippen LogP contribution in [0.1, 0.15) is 38.7 Å². The smallest absolute Gasteiger partial charge is 0.168 e. The van der Waals surface area contributed by atoms with Crippen molar-refractivity contribution in [3.63, 3.8) is 0 Å². The molecular formula is C23H21N7O2. The number of benzene rings is 1. The summed E-state index contributed by atoms with van der Waals surface area (Å²) in [5, 5.41) is 18.1. The van der Waals surface area contributed by atoms with Crippen LogP contribution >= 0.6 is 0 Å². The highest BCUT2D eigenvalue weighted by Crippen LogP contribution is 2.34. The van der Waals surface area contributed by atoms with Gasteiger partial charge in [0.1, 0.15) is 17.7 Å². The molecule has 3 heterocycles. The molecule has 0 radical (unpaired) electrons. The number of carbonyl (C=O) groups is 1. The molecule has 0 spiro atoms. The van der Waals surface area contributed by atoms with Gasteiger partial charge in [-0.3, -0.25) is 9.48 Å². The molecule has 0 saturated carbocycles. The fourth-order valence-corrected chi connectivity index (χ4v) is 3.73. The van der Waals surface area contributed by atoms with Crippen LogP contribution in [0.2, 0.25) is 0 Å². The first kappa shape index (κ1) is 20.9. The van der Waals surface area contributed by atoms with Crippen LogP contribution in [0.3, 0.4) is 0 Å². The van der Waals surface area contributed by atoms with Crippen molar-refractivity contribution < 1.29 is 9.53 Å². The van der Waals surface area contributed by atoms with E-state index in [0.29, 0.717) is 34.8 Å². The second-order valence-electron chi connectivity index (χ2n) is 7.30. The standard InChI is InChI=1S/C23H21N7O2/c1-14-19(12-31)15(2)30(27-14)21-10-18(25-13-26-21)9-20-23(32-4)22(29(3)28-20)17-7-5-16(11-24)6-8-17/h5-8,10,12-13H,9H2,1-4H3. The first-order valence-electron chi connectivity index (χ1n) is 9.90. The fraction of sp³-hybridized carbons (Fsp3) is 0.217. The molecule has 0 atom stereocenters. The first-order chi connectivity index (χ1) is 15.5. The van der Waals surface area contributed by atoms with E-state index in [2.05, 4.69) is 26.2 Å². The molecule has 3 aromatic heterocycles. The summed E-state index contributed by atoms with van der Waals surface area (Å²) in [4.78, 5) is 20.0. The van der Waals surface area contributed by atoms with Gasteiger partial charge < -0.3 is 4.74 Å². The van der Waals surface area contributed by atoms with E-state index in [1.165, 1.54) is 6.33 Å². The molecule has 1 aromatic carbocycles. The molecule has 0 aliphatic heterocycles. The number of aromatic nitrogens is 6. The first-order valence-corrected chi connectivity index (χ1v) is 9.90. The van der Waals surface area contributed by atoms with Crippen molar-refractivity contribution in [2.45, 2.75) is 20.3 Å². The highest BCUT2D eigenvalue weighted by Gasteiger charge is 2.20. The van der Waals surface area contributed by atoms with Crippen molar-refractivity contribution in [1.82, 2.24) is 29.5 Å². The molecule has 160 valence electrons. The van der Waals surface area contributed by atoms with Crippen LogP contribution in [0, 0.1) is 25.2 Å². The maximum Gasteiger partial charge on any atom is 0.168 e. The summed E-state index contributed by atoms with van der Waals surface area (Å²) in [5.41, 5.74) is 5.69. The maximum absolute atomic E-state index is 11.3. The number of ether oxygens (including phenoxy) is 1. The van der Waals surface area contributed by atoms with Gasteiger partial charge in [-0.2, -0.15) is 15.5 Å². The van der Waals surface area contributed by atoms with Gasteiger partial charge in [-0.25, -0.2) is 14.6 Å². The quantitative estimate of drug-likeness (QED) is 0.435. The number of methoxy groups -OCH3 is 1. The van der Waals surface area contributed by atoms with Gasteiger partial charge in [0.25, 0.3) is 0 Å². The normalized spacial score (nSPS) is 10.7. The van der Waals surface area contributed by atoms with E-state index in [0.717, 1.165) is 34.6 Å². The molecule has 0 aliphatic rings. The van der Waals surface area contributed by atoms with Crippen molar-refractivity contribution in [2.75, 3.05) is 7.11 Å². The van der Waals surface area contributed by atoms with Crippen molar-refractivity contribution in [2.24, 2.45) is 7.05 Å². The number of nitriles is 1. The third kappa shape index (κ3) is 3.63. The Hall–Kier alpha value is -4.32. The molecule has 0 unspecified atom stereocenters. The van der Waals surface area contributed by atoms with Gasteiger partial charge in [0.15, 0.2) is 17.9 Å². The Balaban J connectivity index is 1.70. The maximum atomic E-state index is 11.3. The van der Waals surface area contributed by atoms with E-state index < -0.39 is 0 Å². The molecule has 0 saturated heterocycles. The Kier molecular flexibility index (Phi) is 5.52. The Morgan fingerprint density at radius 2 is 1.91 bits per heavy atom. The van der Waals surface area contributed by atoms with E-state index in [-0.39, 0.29) is 0 Å². The molecule has 32 heavy (non-hydrogen) atoms. The summed E-state index contributed by atoms with van der Waals surface area (Å²) in [6, 6.07) is 11.2. The molecule has 0 bridgehead atoms. The second kappa shape index (κ2) is 8.43. The number of rotatable bonds is 6. The lowest BCUT2D eigenvalue weighted by Gasteiger charge is -2.07. The zero-order valence-electron chi connectivity index (χ0n) is 18.2. The molecule has 4 rings (SSSR count). The van der Waals surface area contributed by atoms with Gasteiger partial charge in [0, 0.05) is 25.1 Å². The predicted octanol–water partition coefficient (Wildman–Crippen LogP) is 2.96. The summed E-state index contributed by atoms with van der Waals surface area (Å²) >= 11 is 0. The molecule has 0 fully saturated rings. The van der Waals surface area contributed by atoms with Crippen LogP contribution in [-0.2, 0) is 13.5 Å². The Morgan fingerprint density at radius 3 is 2.53 bits per heavy atom. The Morgan fingerprint density at radius 1 is 1.16 bits per heavy atom. The largest absolute Gasteiger partial charge is 0.492 e. The molecule has 9 heteroatoms. The predicted molar refractivity (Wildman–Crippen MR) is 117 cm³/mol. The van der Waals surface area contributed by atoms with E-state index in [1.54, 1.807) is 35.5 Å². The molecule has 0 N–H and O–H groups in total. The van der Waals surface area contributed by atoms with Crippen LogP contribution in [0.5, 0.6) is 5.75 Å². The lowest BCUT2D eigenvalue weighted by Crippen LogP contribution is -2.05. The minimum Gasteiger partial charge on any atom is -0.492 e. The zero-order valence-corrected chi connectivity index (χ0v) is 18.2. The molecule has 0 aliphatic carbocycles. The van der Waals surface area contributed by atoms with Crippen molar-refractivity contribution >= 4 is 6.29 Å². The highest BCUT2D eigenvalue weighted by molar-refractivity contribution is 5.78. The number of hydrogen-bond donors (Lipinski definition) is 0. The summed E-state index contributed by atoms with van der Waals surface area (Å²) in [6.07, 6.45) is 2.70. The second-order valence-corrected chi connectivity index (χ2v) is 7.30. The van der Waals surface area contributed by atoms with E-state index in [4.69, 9.17) is 10.00 Å². The monoisotopic (exact) mass is 427 g/mol. The van der Waals surface area contributed by atoms with Gasteiger partial charge in [0.05, 0.1) is 41.4 Å². The summed E-state index contributed by atoms with van der Waals surface area (Å²) in [6.45, 7) is 3.62. The third-order valence-electron chi connectivity index (χ3n) is 5.30. The van der Waals surface area contributed by atoms with Gasteiger partial charge in [0.2, 0.25) is 0 Å². The molecule has 4 aromatic rings. The van der Waals surface area contributed by atoms with E-state index >= 15 is 0 Å². The highest BCUT2D eigenvalue weighted by atomic mass is 16.5. The van der Waals surface area contributed by atoms with Gasteiger partial charge in [-0.05, 0) is 26.0 Å². The third-order valence-corrected chi connectivity index (χ3v) is 5.30. The summed E-state index contributed by atoms with van der Waals surface area (Å²) < 4.78 is 9.10. The van der Waals surface area contributed by atoms with Gasteiger partial charge in [-0.15, -0.1) is 0 Å². The van der Waals surface area contributed by atoms with E-state index in [9.17, 15) is 4.79 Å². The van der Waals surface area contributed by atoms with Crippen molar-refractivity contribution in [3.05, 3.63) is 70.6 Å². The number of nitrogens with zero attached hydrogens (tertiary/aromatic N) is 7. The lowest BCUT2D eigenvalue weighted by molar-refractivity contribution is 0.112. The minimum absolute atomic E-state index is 0.419. The van der Waals surface area contributed by atoms with Crippen molar-refractivity contribution in [1.29, 1.82) is 5.26 Å². The molecule has 9 nitrogen and oxygen atoms in total. The van der Waals surface area contributed by atoms with Crippen LogP contribution in [0.25, 0.3) is 17.1 Å². The average Bonchev–Trinajstić information content (AvgIpc) is 3.28. The van der Waals surface area contributed by atoms with E-state index in [1.807, 2.05) is 32.2 Å². The minimum atomic E-state index is 0.419. The van der Waals surface area contributed by atoms with Gasteiger partial charge >= 0.3 is 0 Å². The van der Waals surface area contributed by atoms with Crippen LogP contribution in [0.15, 0.2) is 36.7 Å². The van der Waals surface area contributed by atoms with Gasteiger partial charge in [-0.1, -0.05) is 12.1 Å². The van der Waals surface area contributed by atoms with Crippen molar-refractivity contribution in [3.8, 4) is 28.9 Å². The molecule has 0 amide bonds. The number of hydrogen-bond acceptors (Lipinski definition) is 7. The summed E-state index contributed by atoms with van der Waals surface area (Å²) in [7, 11) is 3.46. The number of aryl methyl sites for hydroxylation is 2. The lowest BCUT2D eigenvalue weighted by atomic mass is 10.1.